The number of H-pyrrole nitrogens is 1. The van der Waals surface area contributed by atoms with E-state index in [1.165, 1.54) is 15.8 Å². The van der Waals surface area contributed by atoms with E-state index >= 15 is 0 Å². The first-order valence-corrected chi connectivity index (χ1v) is 9.02. The number of carbonyl (C=O) groups is 2. The van der Waals surface area contributed by atoms with E-state index in [9.17, 15) is 9.59 Å². The summed E-state index contributed by atoms with van der Waals surface area (Å²) in [7, 11) is 0. The molecule has 5 nitrogen and oxygen atoms in total. The van der Waals surface area contributed by atoms with Gasteiger partial charge in [0.05, 0.1) is 18.7 Å². The number of nitrogens with two attached hydrogens (primary N) is 1. The number of benzene rings is 2. The van der Waals surface area contributed by atoms with Crippen LogP contribution >= 0.6 is 11.6 Å². The lowest BCUT2D eigenvalue weighted by Crippen LogP contribution is -2.92. The standard InChI is InChI=1S/C20H18ClN3O2/c21-14-4-3-5-15(10-14)24-19(25)11-18(20(24)26)22-9-8-13-12-23-17-7-2-1-6-16(13)17/h1-7,10,12,18,22-23H,8-9,11H2/p+1/t18-/m1/s1. The number of hydrogen-bond donors (Lipinski definition) is 2. The highest BCUT2D eigenvalue weighted by atomic mass is 35.5. The maximum absolute atomic E-state index is 12.7. The predicted molar refractivity (Wildman–Crippen MR) is 101 cm³/mol. The van der Waals surface area contributed by atoms with E-state index in [1.807, 2.05) is 29.7 Å². The summed E-state index contributed by atoms with van der Waals surface area (Å²) in [5.74, 6) is -0.346. The molecule has 4 rings (SSSR count). The van der Waals surface area contributed by atoms with Gasteiger partial charge in [0.2, 0.25) is 5.91 Å². The Bertz CT molecular complexity index is 982. The van der Waals surface area contributed by atoms with Gasteiger partial charge in [-0.3, -0.25) is 9.59 Å². The first-order valence-electron chi connectivity index (χ1n) is 8.64. The molecule has 6 heteroatoms. The molecule has 132 valence electrons. The van der Waals surface area contributed by atoms with Crippen molar-refractivity contribution in [3.63, 3.8) is 0 Å². The van der Waals surface area contributed by atoms with E-state index in [4.69, 9.17) is 11.6 Å². The number of para-hydroxylation sites is 1. The van der Waals surface area contributed by atoms with Crippen LogP contribution < -0.4 is 10.2 Å². The highest BCUT2D eigenvalue weighted by molar-refractivity contribution is 6.31. The number of aromatic nitrogens is 1. The monoisotopic (exact) mass is 368 g/mol. The van der Waals surface area contributed by atoms with Gasteiger partial charge in [-0.05, 0) is 29.8 Å². The topological polar surface area (TPSA) is 69.8 Å². The van der Waals surface area contributed by atoms with Gasteiger partial charge < -0.3 is 10.3 Å². The molecule has 2 heterocycles. The number of quaternary nitrogens is 1. The molecule has 3 N–H and O–H groups in total. The number of rotatable bonds is 5. The van der Waals surface area contributed by atoms with E-state index in [2.05, 4.69) is 11.1 Å². The van der Waals surface area contributed by atoms with Gasteiger partial charge in [0.1, 0.15) is 0 Å². The zero-order valence-electron chi connectivity index (χ0n) is 14.1. The van der Waals surface area contributed by atoms with Crippen molar-refractivity contribution in [1.82, 2.24) is 4.98 Å². The van der Waals surface area contributed by atoms with Crippen LogP contribution in [0.25, 0.3) is 10.9 Å². The summed E-state index contributed by atoms with van der Waals surface area (Å²) < 4.78 is 0. The first kappa shape index (κ1) is 16.8. The predicted octanol–water partition coefficient (Wildman–Crippen LogP) is 2.26. The van der Waals surface area contributed by atoms with Gasteiger partial charge >= 0.3 is 0 Å². The Balaban J connectivity index is 1.41. The Morgan fingerprint density at radius 1 is 1.15 bits per heavy atom. The summed E-state index contributed by atoms with van der Waals surface area (Å²) in [6, 6.07) is 14.6. The van der Waals surface area contributed by atoms with Crippen molar-refractivity contribution in [2.75, 3.05) is 11.4 Å². The quantitative estimate of drug-likeness (QED) is 0.678. The summed E-state index contributed by atoms with van der Waals surface area (Å²) in [5.41, 5.74) is 2.88. The molecule has 26 heavy (non-hydrogen) atoms. The largest absolute Gasteiger partial charge is 0.361 e. The van der Waals surface area contributed by atoms with Crippen LogP contribution in [-0.4, -0.2) is 29.4 Å². The Morgan fingerprint density at radius 3 is 2.85 bits per heavy atom. The third kappa shape index (κ3) is 3.11. The second kappa shape index (κ2) is 6.94. The number of hydrogen-bond acceptors (Lipinski definition) is 2. The van der Waals surface area contributed by atoms with E-state index < -0.39 is 0 Å². The smallest absolute Gasteiger partial charge is 0.292 e. The molecule has 0 bridgehead atoms. The summed E-state index contributed by atoms with van der Waals surface area (Å²) in [6.45, 7) is 0.745. The number of halogens is 1. The Labute approximate surface area is 155 Å². The van der Waals surface area contributed by atoms with Crippen LogP contribution in [0.4, 0.5) is 5.69 Å². The van der Waals surface area contributed by atoms with Crippen molar-refractivity contribution < 1.29 is 14.9 Å². The fourth-order valence-corrected chi connectivity index (χ4v) is 3.69. The molecule has 2 amide bonds. The van der Waals surface area contributed by atoms with Crippen LogP contribution in [0.5, 0.6) is 0 Å². The minimum atomic E-state index is -0.369. The number of carbonyl (C=O) groups excluding carboxylic acids is 2. The number of anilines is 1. The number of nitrogens with zero attached hydrogens (tertiary/aromatic N) is 1. The summed E-state index contributed by atoms with van der Waals surface area (Å²) in [4.78, 5) is 29.5. The Hall–Kier alpha value is -2.63. The molecule has 1 atom stereocenters. The molecular formula is C20H19ClN3O2+. The molecule has 1 aromatic heterocycles. The minimum absolute atomic E-state index is 0.170. The van der Waals surface area contributed by atoms with Gasteiger partial charge in [0, 0.05) is 28.5 Å². The maximum atomic E-state index is 12.7. The lowest BCUT2D eigenvalue weighted by molar-refractivity contribution is -0.674. The van der Waals surface area contributed by atoms with Crippen molar-refractivity contribution >= 4 is 40.0 Å². The minimum Gasteiger partial charge on any atom is -0.361 e. The molecule has 0 radical (unpaired) electrons. The first-order chi connectivity index (χ1) is 12.6. The average Bonchev–Trinajstić information content (AvgIpc) is 3.16. The average molecular weight is 369 g/mol. The van der Waals surface area contributed by atoms with Crippen LogP contribution in [0, 0.1) is 0 Å². The van der Waals surface area contributed by atoms with E-state index in [0.717, 1.165) is 18.5 Å². The van der Waals surface area contributed by atoms with Crippen LogP contribution in [0.2, 0.25) is 5.02 Å². The number of nitrogens with one attached hydrogen (secondary N) is 1. The lowest BCUT2D eigenvalue weighted by Gasteiger charge is -2.14. The maximum Gasteiger partial charge on any atom is 0.292 e. The molecule has 1 aliphatic heterocycles. The third-order valence-corrected chi connectivity index (χ3v) is 5.02. The molecule has 0 saturated carbocycles. The Morgan fingerprint density at radius 2 is 2.00 bits per heavy atom. The normalized spacial score (nSPS) is 17.4. The molecule has 0 spiro atoms. The van der Waals surface area contributed by atoms with Crippen molar-refractivity contribution in [2.24, 2.45) is 0 Å². The molecule has 1 aliphatic rings. The van der Waals surface area contributed by atoms with Crippen molar-refractivity contribution in [2.45, 2.75) is 18.9 Å². The number of fused-ring (bicyclic) bond motifs is 1. The van der Waals surface area contributed by atoms with Gasteiger partial charge in [-0.2, -0.15) is 0 Å². The lowest BCUT2D eigenvalue weighted by atomic mass is 10.1. The van der Waals surface area contributed by atoms with Crippen LogP contribution in [0.1, 0.15) is 12.0 Å². The summed E-state index contributed by atoms with van der Waals surface area (Å²) >= 11 is 5.98. The molecule has 1 fully saturated rings. The van der Waals surface area contributed by atoms with Gasteiger partial charge in [-0.25, -0.2) is 4.90 Å². The molecule has 1 saturated heterocycles. The van der Waals surface area contributed by atoms with Gasteiger partial charge in [-0.15, -0.1) is 0 Å². The SMILES string of the molecule is O=C1C[C@@H]([NH2+]CCc2c[nH]c3ccccc23)C(=O)N1c1cccc(Cl)c1. The number of aromatic amines is 1. The fourth-order valence-electron chi connectivity index (χ4n) is 3.50. The van der Waals surface area contributed by atoms with Gasteiger partial charge in [-0.1, -0.05) is 35.9 Å². The van der Waals surface area contributed by atoms with E-state index in [-0.39, 0.29) is 24.3 Å². The molecule has 3 aromatic rings. The summed E-state index contributed by atoms with van der Waals surface area (Å²) in [5, 5.41) is 3.68. The highest BCUT2D eigenvalue weighted by Crippen LogP contribution is 2.24. The van der Waals surface area contributed by atoms with Crippen molar-refractivity contribution in [3.05, 3.63) is 65.3 Å². The number of imide groups is 1. The molecule has 2 aromatic carbocycles. The second-order valence-corrected chi connectivity index (χ2v) is 6.93. The van der Waals surface area contributed by atoms with Crippen molar-refractivity contribution in [1.29, 1.82) is 0 Å². The highest BCUT2D eigenvalue weighted by Gasteiger charge is 2.42. The zero-order valence-corrected chi connectivity index (χ0v) is 14.9. The Kier molecular flexibility index (Phi) is 4.49. The summed E-state index contributed by atoms with van der Waals surface area (Å²) in [6.07, 6.45) is 3.07. The van der Waals surface area contributed by atoms with Gasteiger partial charge in [0.15, 0.2) is 6.04 Å². The van der Waals surface area contributed by atoms with Crippen LogP contribution in [-0.2, 0) is 16.0 Å². The van der Waals surface area contributed by atoms with Crippen molar-refractivity contribution in [3.8, 4) is 0 Å². The van der Waals surface area contributed by atoms with E-state index in [0.29, 0.717) is 10.7 Å². The molecular weight excluding hydrogens is 350 g/mol. The van der Waals surface area contributed by atoms with E-state index in [1.54, 1.807) is 24.3 Å². The third-order valence-electron chi connectivity index (χ3n) is 4.79. The van der Waals surface area contributed by atoms with Crippen LogP contribution in [0.15, 0.2) is 54.7 Å². The van der Waals surface area contributed by atoms with Gasteiger partial charge in [0.25, 0.3) is 5.91 Å². The van der Waals surface area contributed by atoms with Crippen LogP contribution in [0.3, 0.4) is 0 Å². The zero-order chi connectivity index (χ0) is 18.1. The number of amides is 2. The second-order valence-electron chi connectivity index (χ2n) is 6.49. The molecule has 0 unspecified atom stereocenters. The fraction of sp³-hybridized carbons (Fsp3) is 0.200. The molecule has 0 aliphatic carbocycles.